The number of aromatic nitrogens is 2. The van der Waals surface area contributed by atoms with Crippen molar-refractivity contribution in [2.24, 2.45) is 0 Å². The van der Waals surface area contributed by atoms with Crippen LogP contribution in [0.5, 0.6) is 0 Å². The van der Waals surface area contributed by atoms with Crippen molar-refractivity contribution in [3.63, 3.8) is 0 Å². The second-order valence-corrected chi connectivity index (χ2v) is 5.06. The molecular formula is C13H10F3N3O2S. The molecule has 0 atom stereocenters. The number of nitrogens with one attached hydrogen (secondary N) is 1. The molecule has 5 nitrogen and oxygen atoms in total. The van der Waals surface area contributed by atoms with Crippen LogP contribution >= 0.6 is 11.3 Å². The highest BCUT2D eigenvalue weighted by molar-refractivity contribution is 7.16. The number of H-pyrrole nitrogens is 1. The summed E-state index contributed by atoms with van der Waals surface area (Å²) in [4.78, 5) is 17.0. The fourth-order valence-electron chi connectivity index (χ4n) is 1.53. The maximum absolute atomic E-state index is 11.9. The number of fused-ring (bicyclic) bond motifs is 1. The number of halogens is 3. The van der Waals surface area contributed by atoms with Crippen LogP contribution in [0.1, 0.15) is 16.1 Å². The molecule has 1 aromatic carbocycles. The van der Waals surface area contributed by atoms with Gasteiger partial charge in [0.1, 0.15) is 11.3 Å². The molecule has 3 rings (SSSR count). The van der Waals surface area contributed by atoms with Crippen LogP contribution in [-0.2, 0) is 6.18 Å². The topological polar surface area (TPSA) is 92.0 Å². The first-order valence-corrected chi connectivity index (χ1v) is 6.73. The monoisotopic (exact) mass is 329 g/mol. The number of carbonyl (C=O) groups is 1. The zero-order valence-corrected chi connectivity index (χ0v) is 11.7. The van der Waals surface area contributed by atoms with Gasteiger partial charge in [0.05, 0.1) is 15.8 Å². The summed E-state index contributed by atoms with van der Waals surface area (Å²) < 4.78 is 36.5. The lowest BCUT2D eigenvalue weighted by Crippen LogP contribution is -2.04. The van der Waals surface area contributed by atoms with E-state index >= 15 is 0 Å². The van der Waals surface area contributed by atoms with E-state index in [1.807, 2.05) is 0 Å². The van der Waals surface area contributed by atoms with Crippen LogP contribution in [-0.4, -0.2) is 21.0 Å². The van der Waals surface area contributed by atoms with Gasteiger partial charge in [0.2, 0.25) is 0 Å². The lowest BCUT2D eigenvalue weighted by molar-refractivity contribution is -0.137. The second-order valence-electron chi connectivity index (χ2n) is 4.17. The zero-order valence-electron chi connectivity index (χ0n) is 10.9. The Morgan fingerprint density at radius 2 is 1.91 bits per heavy atom. The van der Waals surface area contributed by atoms with Crippen molar-refractivity contribution >= 4 is 33.3 Å². The number of rotatable bonds is 1. The summed E-state index contributed by atoms with van der Waals surface area (Å²) in [6.07, 6.45) is -4.27. The van der Waals surface area contributed by atoms with Gasteiger partial charge in [0, 0.05) is 5.69 Å². The SMILES string of the molecule is Nc1ccc(C(F)(F)F)cc1.O=C(O)c1cc2scnc2[nH]1. The van der Waals surface area contributed by atoms with Crippen molar-refractivity contribution in [2.45, 2.75) is 6.18 Å². The van der Waals surface area contributed by atoms with Crippen LogP contribution in [0.4, 0.5) is 18.9 Å². The number of alkyl halides is 3. The van der Waals surface area contributed by atoms with Gasteiger partial charge in [0.15, 0.2) is 0 Å². The second kappa shape index (κ2) is 6.06. The number of thiazole rings is 1. The molecule has 116 valence electrons. The Morgan fingerprint density at radius 3 is 2.41 bits per heavy atom. The molecule has 0 bridgehead atoms. The summed E-state index contributed by atoms with van der Waals surface area (Å²) in [7, 11) is 0. The molecule has 3 aromatic rings. The fraction of sp³-hybridized carbons (Fsp3) is 0.0769. The zero-order chi connectivity index (χ0) is 16.3. The molecule has 0 aliphatic carbocycles. The van der Waals surface area contributed by atoms with Gasteiger partial charge >= 0.3 is 12.1 Å². The van der Waals surface area contributed by atoms with Gasteiger partial charge in [0.25, 0.3) is 0 Å². The van der Waals surface area contributed by atoms with Gasteiger partial charge in [-0.3, -0.25) is 0 Å². The third-order valence-electron chi connectivity index (χ3n) is 2.59. The minimum absolute atomic E-state index is 0.194. The first-order chi connectivity index (χ1) is 10.3. The first kappa shape index (κ1) is 15.8. The van der Waals surface area contributed by atoms with Crippen LogP contribution in [0.25, 0.3) is 10.3 Å². The lowest BCUT2D eigenvalue weighted by Gasteiger charge is -2.05. The third kappa shape index (κ3) is 3.76. The maximum Gasteiger partial charge on any atom is 0.416 e. The molecule has 0 saturated carbocycles. The number of nitrogens with zero attached hydrogens (tertiary/aromatic N) is 1. The summed E-state index contributed by atoms with van der Waals surface area (Å²) >= 11 is 1.42. The van der Waals surface area contributed by atoms with E-state index in [0.717, 1.165) is 16.8 Å². The van der Waals surface area contributed by atoms with E-state index in [4.69, 9.17) is 10.8 Å². The van der Waals surface area contributed by atoms with Gasteiger partial charge in [-0.15, -0.1) is 11.3 Å². The normalized spacial score (nSPS) is 11.0. The van der Waals surface area contributed by atoms with Crippen LogP contribution in [0.15, 0.2) is 35.8 Å². The quantitative estimate of drug-likeness (QED) is 0.595. The average molecular weight is 329 g/mol. The molecule has 0 aliphatic heterocycles. The Hall–Kier alpha value is -2.55. The summed E-state index contributed by atoms with van der Waals surface area (Å²) in [5.41, 5.74) is 7.37. The minimum Gasteiger partial charge on any atom is -0.477 e. The number of hydrogen-bond acceptors (Lipinski definition) is 4. The maximum atomic E-state index is 11.9. The molecule has 4 N–H and O–H groups in total. The van der Waals surface area contributed by atoms with Crippen molar-refractivity contribution < 1.29 is 23.1 Å². The molecule has 0 fully saturated rings. The van der Waals surface area contributed by atoms with Crippen molar-refractivity contribution in [3.05, 3.63) is 47.1 Å². The van der Waals surface area contributed by atoms with Crippen LogP contribution in [0, 0.1) is 0 Å². The highest BCUT2D eigenvalue weighted by atomic mass is 32.1. The standard InChI is InChI=1S/C7H6F3N.C6H4N2O2S/c8-7(9,10)5-1-3-6(11)4-2-5;9-6(10)3-1-4-5(8-3)7-2-11-4/h1-4H,11H2;1-2,8H,(H,9,10). The van der Waals surface area contributed by atoms with Crippen molar-refractivity contribution in [1.29, 1.82) is 0 Å². The van der Waals surface area contributed by atoms with Crippen molar-refractivity contribution in [3.8, 4) is 0 Å². The van der Waals surface area contributed by atoms with E-state index in [0.29, 0.717) is 11.3 Å². The Kier molecular flexibility index (Phi) is 4.36. The predicted molar refractivity (Wildman–Crippen MR) is 76.8 cm³/mol. The molecule has 9 heteroatoms. The molecule has 0 aliphatic rings. The van der Waals surface area contributed by atoms with E-state index in [1.54, 1.807) is 11.6 Å². The molecule has 0 amide bonds. The number of carboxylic acids is 1. The smallest absolute Gasteiger partial charge is 0.416 e. The molecule has 22 heavy (non-hydrogen) atoms. The lowest BCUT2D eigenvalue weighted by atomic mass is 10.2. The fourth-order valence-corrected chi connectivity index (χ4v) is 2.21. The summed E-state index contributed by atoms with van der Waals surface area (Å²) in [6, 6.07) is 5.94. The van der Waals surface area contributed by atoms with Gasteiger partial charge in [-0.1, -0.05) is 0 Å². The number of anilines is 1. The number of carboxylic acid groups (broad SMARTS) is 1. The molecule has 2 aromatic heterocycles. The third-order valence-corrected chi connectivity index (χ3v) is 3.37. The van der Waals surface area contributed by atoms with E-state index in [1.165, 1.54) is 23.5 Å². The minimum atomic E-state index is -4.27. The number of hydrogen-bond donors (Lipinski definition) is 3. The van der Waals surface area contributed by atoms with E-state index < -0.39 is 17.7 Å². The van der Waals surface area contributed by atoms with Crippen LogP contribution < -0.4 is 5.73 Å². The van der Waals surface area contributed by atoms with Crippen molar-refractivity contribution in [1.82, 2.24) is 9.97 Å². The Labute approximate surface area is 126 Å². The van der Waals surface area contributed by atoms with Crippen molar-refractivity contribution in [2.75, 3.05) is 5.73 Å². The first-order valence-electron chi connectivity index (χ1n) is 5.85. The molecule has 2 heterocycles. The number of nitrogens with two attached hydrogens (primary N) is 1. The summed E-state index contributed by atoms with van der Waals surface area (Å²) in [6.45, 7) is 0. The van der Waals surface area contributed by atoms with E-state index in [2.05, 4.69) is 9.97 Å². The number of aromatic carboxylic acids is 1. The average Bonchev–Trinajstić information content (AvgIpc) is 2.99. The van der Waals surface area contributed by atoms with Gasteiger partial charge in [-0.2, -0.15) is 13.2 Å². The van der Waals surface area contributed by atoms with Gasteiger partial charge < -0.3 is 15.8 Å². The Bertz CT molecular complexity index is 749. The highest BCUT2D eigenvalue weighted by Gasteiger charge is 2.29. The van der Waals surface area contributed by atoms with Gasteiger partial charge in [-0.25, -0.2) is 9.78 Å². The van der Waals surface area contributed by atoms with Gasteiger partial charge in [-0.05, 0) is 30.3 Å². The molecule has 0 unspecified atom stereocenters. The predicted octanol–water partition coefficient (Wildman–Crippen LogP) is 3.61. The molecule has 0 spiro atoms. The number of aromatic amines is 1. The van der Waals surface area contributed by atoms with E-state index in [-0.39, 0.29) is 5.69 Å². The highest BCUT2D eigenvalue weighted by Crippen LogP contribution is 2.29. The molecule has 0 saturated heterocycles. The molecule has 0 radical (unpaired) electrons. The van der Waals surface area contributed by atoms with E-state index in [9.17, 15) is 18.0 Å². The summed E-state index contributed by atoms with van der Waals surface area (Å²) in [5.74, 6) is -0.949. The molecular weight excluding hydrogens is 319 g/mol. The Balaban J connectivity index is 0.000000160. The number of benzene rings is 1. The van der Waals surface area contributed by atoms with Crippen LogP contribution in [0.2, 0.25) is 0 Å². The summed E-state index contributed by atoms with van der Waals surface area (Å²) in [5, 5.41) is 8.55. The Morgan fingerprint density at radius 1 is 1.27 bits per heavy atom. The van der Waals surface area contributed by atoms with Crippen LogP contribution in [0.3, 0.4) is 0 Å². The number of nitrogen functional groups attached to an aromatic ring is 1. The largest absolute Gasteiger partial charge is 0.477 e.